The average molecular weight is 234 g/mol. The molecule has 1 saturated carbocycles. The molecule has 0 aromatic heterocycles. The van der Waals surface area contributed by atoms with Crippen molar-refractivity contribution >= 4 is 5.97 Å². The van der Waals surface area contributed by atoms with Crippen LogP contribution in [0.1, 0.15) is 32.3 Å². The van der Waals surface area contributed by atoms with Crippen molar-refractivity contribution in [3.63, 3.8) is 0 Å². The summed E-state index contributed by atoms with van der Waals surface area (Å²) in [5.74, 6) is -0.0254. The van der Waals surface area contributed by atoms with Gasteiger partial charge >= 0.3 is 5.97 Å². The summed E-state index contributed by atoms with van der Waals surface area (Å²) < 4.78 is 5.81. The third-order valence-electron chi connectivity index (χ3n) is 3.46. The van der Waals surface area contributed by atoms with Crippen LogP contribution in [0.15, 0.2) is 24.3 Å². The molecule has 0 radical (unpaired) electrons. The second-order valence-electron chi connectivity index (χ2n) is 4.75. The fourth-order valence-corrected chi connectivity index (χ4v) is 2.06. The van der Waals surface area contributed by atoms with Gasteiger partial charge in [-0.25, -0.2) is 4.79 Å². The highest BCUT2D eigenvalue weighted by Crippen LogP contribution is 2.42. The molecule has 3 nitrogen and oxygen atoms in total. The van der Waals surface area contributed by atoms with Crippen molar-refractivity contribution in [2.45, 2.75) is 38.7 Å². The zero-order valence-corrected chi connectivity index (χ0v) is 10.3. The topological polar surface area (TPSA) is 46.5 Å². The van der Waals surface area contributed by atoms with Crippen molar-refractivity contribution in [1.82, 2.24) is 0 Å². The van der Waals surface area contributed by atoms with E-state index in [0.717, 1.165) is 24.8 Å². The van der Waals surface area contributed by atoms with Crippen LogP contribution in [0, 0.1) is 5.92 Å². The number of hydrogen-bond donors (Lipinski definition) is 1. The lowest BCUT2D eigenvalue weighted by atomic mass is 10.00. The second kappa shape index (κ2) is 4.40. The number of carboxylic acids is 1. The normalized spacial score (nSPS) is 18.5. The van der Waals surface area contributed by atoms with Crippen molar-refractivity contribution in [3.8, 4) is 5.75 Å². The Labute approximate surface area is 101 Å². The molecule has 0 spiro atoms. The van der Waals surface area contributed by atoms with Crippen LogP contribution in [-0.2, 0) is 11.2 Å². The summed E-state index contributed by atoms with van der Waals surface area (Å²) in [6, 6.07) is 7.65. The summed E-state index contributed by atoms with van der Waals surface area (Å²) in [5, 5.41) is 9.34. The number of carbonyl (C=O) groups is 1. The van der Waals surface area contributed by atoms with E-state index in [4.69, 9.17) is 4.74 Å². The molecule has 1 fully saturated rings. The fourth-order valence-electron chi connectivity index (χ4n) is 2.06. The van der Waals surface area contributed by atoms with Crippen LogP contribution in [0.4, 0.5) is 0 Å². The molecule has 0 bridgehead atoms. The van der Waals surface area contributed by atoms with Gasteiger partial charge in [-0.15, -0.1) is 0 Å². The third-order valence-corrected chi connectivity index (χ3v) is 3.46. The lowest BCUT2D eigenvalue weighted by Crippen LogP contribution is -2.43. The van der Waals surface area contributed by atoms with Gasteiger partial charge in [-0.2, -0.15) is 0 Å². The number of benzene rings is 1. The van der Waals surface area contributed by atoms with Crippen LogP contribution in [0.3, 0.4) is 0 Å². The molecule has 0 aliphatic heterocycles. The Kier molecular flexibility index (Phi) is 3.09. The van der Waals surface area contributed by atoms with Gasteiger partial charge in [0, 0.05) is 5.92 Å². The molecule has 0 heterocycles. The van der Waals surface area contributed by atoms with Gasteiger partial charge in [0.05, 0.1) is 0 Å². The molecule has 1 N–H and O–H groups in total. The lowest BCUT2D eigenvalue weighted by Gasteiger charge is -2.27. The highest BCUT2D eigenvalue weighted by atomic mass is 16.5. The second-order valence-corrected chi connectivity index (χ2v) is 4.75. The van der Waals surface area contributed by atoms with Gasteiger partial charge in [-0.1, -0.05) is 25.1 Å². The van der Waals surface area contributed by atoms with Gasteiger partial charge in [-0.3, -0.25) is 0 Å². The summed E-state index contributed by atoms with van der Waals surface area (Å²) in [5.41, 5.74) is -0.0220. The largest absolute Gasteiger partial charge is 0.478 e. The van der Waals surface area contributed by atoms with Gasteiger partial charge in [0.25, 0.3) is 0 Å². The predicted octanol–water partition coefficient (Wildman–Crippen LogP) is 2.88. The summed E-state index contributed by atoms with van der Waals surface area (Å²) in [6.45, 7) is 3.72. The van der Waals surface area contributed by atoms with Crippen molar-refractivity contribution < 1.29 is 14.6 Å². The zero-order valence-electron chi connectivity index (χ0n) is 10.3. The van der Waals surface area contributed by atoms with Crippen LogP contribution in [0.25, 0.3) is 0 Å². The molecule has 3 heteroatoms. The first-order chi connectivity index (χ1) is 8.08. The molecule has 1 atom stereocenters. The molecule has 0 saturated heterocycles. The van der Waals surface area contributed by atoms with Crippen LogP contribution >= 0.6 is 0 Å². The predicted molar refractivity (Wildman–Crippen MR) is 65.2 cm³/mol. The summed E-state index contributed by atoms with van der Waals surface area (Å²) in [6.07, 6.45) is 2.73. The van der Waals surface area contributed by atoms with Gasteiger partial charge in [0.1, 0.15) is 5.75 Å². The van der Waals surface area contributed by atoms with Crippen molar-refractivity contribution in [3.05, 3.63) is 29.8 Å². The first kappa shape index (κ1) is 12.0. The lowest BCUT2D eigenvalue weighted by molar-refractivity contribution is -0.155. The number of ether oxygens (including phenoxy) is 1. The van der Waals surface area contributed by atoms with Gasteiger partial charge in [0.2, 0.25) is 5.60 Å². The van der Waals surface area contributed by atoms with E-state index in [-0.39, 0.29) is 5.92 Å². The summed E-state index contributed by atoms with van der Waals surface area (Å²) in [7, 11) is 0. The number of para-hydroxylation sites is 1. The van der Waals surface area contributed by atoms with Crippen LogP contribution in [-0.4, -0.2) is 16.7 Å². The summed E-state index contributed by atoms with van der Waals surface area (Å²) >= 11 is 0. The number of rotatable bonds is 5. The molecule has 0 amide bonds. The van der Waals surface area contributed by atoms with E-state index < -0.39 is 11.6 Å². The van der Waals surface area contributed by atoms with E-state index in [1.165, 1.54) is 0 Å². The Hall–Kier alpha value is -1.51. The quantitative estimate of drug-likeness (QED) is 0.852. The number of carboxylic acid groups (broad SMARTS) is 1. The Balaban J connectivity index is 2.26. The smallest absolute Gasteiger partial charge is 0.348 e. The van der Waals surface area contributed by atoms with E-state index in [9.17, 15) is 9.90 Å². The molecule has 1 aliphatic rings. The van der Waals surface area contributed by atoms with Crippen molar-refractivity contribution in [2.75, 3.05) is 0 Å². The maximum atomic E-state index is 11.4. The molecule has 17 heavy (non-hydrogen) atoms. The van der Waals surface area contributed by atoms with E-state index >= 15 is 0 Å². The molecule has 1 aromatic carbocycles. The molecule has 92 valence electrons. The van der Waals surface area contributed by atoms with Gasteiger partial charge in [0.15, 0.2) is 0 Å². The van der Waals surface area contributed by atoms with Crippen LogP contribution in [0.5, 0.6) is 5.75 Å². The minimum absolute atomic E-state index is 0.143. The van der Waals surface area contributed by atoms with Crippen LogP contribution < -0.4 is 4.74 Å². The monoisotopic (exact) mass is 234 g/mol. The van der Waals surface area contributed by atoms with Gasteiger partial charge < -0.3 is 9.84 Å². The third kappa shape index (κ3) is 2.28. The van der Waals surface area contributed by atoms with Gasteiger partial charge in [-0.05, 0) is 37.8 Å². The SMILES string of the molecule is CCc1ccccc1OC(C)(C(=O)O)C1CC1. The zero-order chi connectivity index (χ0) is 12.5. The minimum atomic E-state index is -1.08. The minimum Gasteiger partial charge on any atom is -0.478 e. The molecule has 1 unspecified atom stereocenters. The Morgan fingerprint density at radius 2 is 2.12 bits per heavy atom. The number of aryl methyl sites for hydroxylation is 1. The molecular weight excluding hydrogens is 216 g/mol. The Bertz CT molecular complexity index is 423. The summed E-state index contributed by atoms with van der Waals surface area (Å²) in [4.78, 5) is 11.4. The Morgan fingerprint density at radius 3 is 2.65 bits per heavy atom. The fraction of sp³-hybridized carbons (Fsp3) is 0.500. The van der Waals surface area contributed by atoms with E-state index in [0.29, 0.717) is 5.75 Å². The Morgan fingerprint density at radius 1 is 1.47 bits per heavy atom. The maximum Gasteiger partial charge on any atom is 0.348 e. The van der Waals surface area contributed by atoms with E-state index in [1.807, 2.05) is 31.2 Å². The average Bonchev–Trinajstić information content (AvgIpc) is 3.13. The molecule has 1 aliphatic carbocycles. The first-order valence-corrected chi connectivity index (χ1v) is 6.08. The molecule has 1 aromatic rings. The van der Waals surface area contributed by atoms with Crippen molar-refractivity contribution in [2.24, 2.45) is 5.92 Å². The number of aliphatic carboxylic acids is 1. The van der Waals surface area contributed by atoms with Crippen LogP contribution in [0.2, 0.25) is 0 Å². The maximum absolute atomic E-state index is 11.4. The molecular formula is C14H18O3. The van der Waals surface area contributed by atoms with Crippen molar-refractivity contribution in [1.29, 1.82) is 0 Å². The van der Waals surface area contributed by atoms with E-state index in [2.05, 4.69) is 0 Å². The highest BCUT2D eigenvalue weighted by molar-refractivity contribution is 5.78. The first-order valence-electron chi connectivity index (χ1n) is 6.08. The number of hydrogen-bond acceptors (Lipinski definition) is 2. The van der Waals surface area contributed by atoms with E-state index in [1.54, 1.807) is 6.92 Å². The molecule has 2 rings (SSSR count). The highest BCUT2D eigenvalue weighted by Gasteiger charge is 2.50. The standard InChI is InChI=1S/C14H18O3/c1-3-10-6-4-5-7-12(10)17-14(2,13(15)16)11-8-9-11/h4-7,11H,3,8-9H2,1-2H3,(H,15,16).